The molecule has 0 aromatic heterocycles. The van der Waals surface area contributed by atoms with E-state index in [2.05, 4.69) is 25.1 Å². The molecule has 5 heteroatoms. The Labute approximate surface area is 182 Å². The Morgan fingerprint density at radius 2 is 1.74 bits per heavy atom. The molecule has 158 valence electrons. The van der Waals surface area contributed by atoms with E-state index in [0.717, 1.165) is 22.4 Å². The fraction of sp³-hybridized carbons (Fsp3) is 0.269. The summed E-state index contributed by atoms with van der Waals surface area (Å²) in [6.07, 6.45) is 1.18. The van der Waals surface area contributed by atoms with Gasteiger partial charge in [-0.05, 0) is 47.9 Å². The minimum absolute atomic E-state index is 0.0194. The van der Waals surface area contributed by atoms with Crippen LogP contribution in [0.25, 0.3) is 0 Å². The lowest BCUT2D eigenvalue weighted by molar-refractivity contribution is 0.182. The van der Waals surface area contributed by atoms with Crippen LogP contribution >= 0.6 is 0 Å². The Kier molecular flexibility index (Phi) is 5.73. The van der Waals surface area contributed by atoms with E-state index in [0.29, 0.717) is 31.8 Å². The monoisotopic (exact) mass is 415 g/mol. The first-order valence-corrected chi connectivity index (χ1v) is 10.4. The lowest BCUT2D eigenvalue weighted by Crippen LogP contribution is -2.40. The van der Waals surface area contributed by atoms with Crippen molar-refractivity contribution in [2.24, 2.45) is 0 Å². The molecular formula is C26H25NO4. The number of fused-ring (bicyclic) bond motifs is 1. The minimum Gasteiger partial charge on any atom is -0.508 e. The number of rotatable bonds is 6. The predicted octanol–water partition coefficient (Wildman–Crippen LogP) is 5.26. The van der Waals surface area contributed by atoms with Gasteiger partial charge in [-0.1, -0.05) is 37.3 Å². The topological polar surface area (TPSA) is 82.7 Å². The van der Waals surface area contributed by atoms with Gasteiger partial charge in [-0.25, -0.2) is 0 Å². The van der Waals surface area contributed by atoms with E-state index in [4.69, 9.17) is 14.7 Å². The van der Waals surface area contributed by atoms with Gasteiger partial charge in [0.15, 0.2) is 0 Å². The van der Waals surface area contributed by atoms with Gasteiger partial charge < -0.3 is 19.7 Å². The number of aromatic hydroxyl groups is 2. The molecule has 1 aliphatic rings. The highest BCUT2D eigenvalue weighted by molar-refractivity contribution is 5.53. The third-order valence-electron chi connectivity index (χ3n) is 5.91. The summed E-state index contributed by atoms with van der Waals surface area (Å²) in [5.74, 6) is 1.83. The highest BCUT2D eigenvalue weighted by Gasteiger charge is 2.43. The average molecular weight is 415 g/mol. The third kappa shape index (κ3) is 4.15. The van der Waals surface area contributed by atoms with Crippen LogP contribution in [0.2, 0.25) is 0 Å². The standard InChI is InChI=1S/C26H25NO4/c1-26(19-6-8-20(28)9-7-19)17-31-24-16-21(29)10-13-23(24)25(26)18-4-11-22(12-5-18)30-15-3-2-14-27/h4-13,16,25,28-29H,2-3,15,17H2,1H3/t25-,26-/m1/s1. The second-order valence-electron chi connectivity index (χ2n) is 8.09. The van der Waals surface area contributed by atoms with Crippen molar-refractivity contribution in [3.05, 3.63) is 83.4 Å². The van der Waals surface area contributed by atoms with Gasteiger partial charge in [-0.15, -0.1) is 0 Å². The number of phenols is 2. The molecule has 5 nitrogen and oxygen atoms in total. The van der Waals surface area contributed by atoms with Gasteiger partial charge >= 0.3 is 0 Å². The van der Waals surface area contributed by atoms with Crippen LogP contribution < -0.4 is 9.47 Å². The maximum atomic E-state index is 9.94. The zero-order valence-electron chi connectivity index (χ0n) is 17.4. The number of benzene rings is 3. The molecule has 3 aromatic rings. The van der Waals surface area contributed by atoms with Gasteiger partial charge in [0.1, 0.15) is 23.0 Å². The summed E-state index contributed by atoms with van der Waals surface area (Å²) < 4.78 is 11.8. The molecule has 31 heavy (non-hydrogen) atoms. The van der Waals surface area contributed by atoms with Crippen LogP contribution in [0.4, 0.5) is 0 Å². The summed E-state index contributed by atoms with van der Waals surface area (Å²) in [5.41, 5.74) is 2.79. The van der Waals surface area contributed by atoms with E-state index >= 15 is 0 Å². The van der Waals surface area contributed by atoms with Gasteiger partial charge in [0.05, 0.1) is 19.3 Å². The van der Waals surface area contributed by atoms with E-state index in [1.54, 1.807) is 24.3 Å². The predicted molar refractivity (Wildman–Crippen MR) is 118 cm³/mol. The van der Waals surface area contributed by atoms with Crippen LogP contribution in [-0.4, -0.2) is 23.4 Å². The van der Waals surface area contributed by atoms with Crippen molar-refractivity contribution in [1.82, 2.24) is 0 Å². The van der Waals surface area contributed by atoms with Crippen LogP contribution in [0.5, 0.6) is 23.0 Å². The van der Waals surface area contributed by atoms with E-state index in [1.165, 1.54) is 0 Å². The van der Waals surface area contributed by atoms with Crippen LogP contribution in [0.15, 0.2) is 66.7 Å². The molecule has 3 aromatic carbocycles. The number of hydrogen-bond donors (Lipinski definition) is 2. The van der Waals surface area contributed by atoms with Crippen molar-refractivity contribution in [3.8, 4) is 29.1 Å². The Morgan fingerprint density at radius 1 is 1.03 bits per heavy atom. The average Bonchev–Trinajstić information content (AvgIpc) is 2.78. The second-order valence-corrected chi connectivity index (χ2v) is 8.09. The first kappa shape index (κ1) is 20.6. The van der Waals surface area contributed by atoms with Gasteiger partial charge in [-0.2, -0.15) is 5.26 Å². The first-order chi connectivity index (χ1) is 15.0. The normalized spacial score (nSPS) is 19.7. The number of hydrogen-bond acceptors (Lipinski definition) is 5. The summed E-state index contributed by atoms with van der Waals surface area (Å²) in [4.78, 5) is 0. The number of ether oxygens (including phenoxy) is 2. The van der Waals surface area contributed by atoms with Crippen LogP contribution in [-0.2, 0) is 5.41 Å². The molecule has 2 atom stereocenters. The Balaban J connectivity index is 1.72. The maximum Gasteiger partial charge on any atom is 0.126 e. The zero-order chi connectivity index (χ0) is 21.8. The molecule has 0 fully saturated rings. The van der Waals surface area contributed by atoms with Crippen molar-refractivity contribution in [2.45, 2.75) is 31.1 Å². The molecule has 0 radical (unpaired) electrons. The summed E-state index contributed by atoms with van der Waals surface area (Å²) in [6.45, 7) is 3.11. The minimum atomic E-state index is -0.382. The second kappa shape index (κ2) is 8.61. The molecule has 1 heterocycles. The summed E-state index contributed by atoms with van der Waals surface area (Å²) in [6, 6.07) is 22.7. The largest absolute Gasteiger partial charge is 0.508 e. The van der Waals surface area contributed by atoms with Crippen molar-refractivity contribution in [2.75, 3.05) is 13.2 Å². The molecule has 4 rings (SSSR count). The fourth-order valence-corrected chi connectivity index (χ4v) is 4.28. The van der Waals surface area contributed by atoms with E-state index < -0.39 is 0 Å². The van der Waals surface area contributed by atoms with Crippen molar-refractivity contribution >= 4 is 0 Å². The maximum absolute atomic E-state index is 9.94. The molecule has 1 aliphatic heterocycles. The molecule has 0 saturated carbocycles. The highest BCUT2D eigenvalue weighted by atomic mass is 16.5. The van der Waals surface area contributed by atoms with Crippen molar-refractivity contribution in [3.63, 3.8) is 0 Å². The third-order valence-corrected chi connectivity index (χ3v) is 5.91. The van der Waals surface area contributed by atoms with Gasteiger partial charge in [0.2, 0.25) is 0 Å². The zero-order valence-corrected chi connectivity index (χ0v) is 17.4. The fourth-order valence-electron chi connectivity index (χ4n) is 4.28. The molecule has 0 aliphatic carbocycles. The number of nitrogens with zero attached hydrogens (tertiary/aromatic N) is 1. The van der Waals surface area contributed by atoms with E-state index in [9.17, 15) is 10.2 Å². The van der Waals surface area contributed by atoms with Crippen LogP contribution in [0.1, 0.15) is 42.4 Å². The quantitative estimate of drug-likeness (QED) is 0.537. The van der Waals surface area contributed by atoms with Gasteiger partial charge in [0.25, 0.3) is 0 Å². The lowest BCUT2D eigenvalue weighted by Gasteiger charge is -2.43. The smallest absolute Gasteiger partial charge is 0.126 e. The molecule has 0 spiro atoms. The van der Waals surface area contributed by atoms with Crippen molar-refractivity contribution in [1.29, 1.82) is 5.26 Å². The highest BCUT2D eigenvalue weighted by Crippen LogP contribution is 2.50. The van der Waals surface area contributed by atoms with Gasteiger partial charge in [-0.3, -0.25) is 0 Å². The van der Waals surface area contributed by atoms with E-state index in [1.807, 2.05) is 30.3 Å². The summed E-state index contributed by atoms with van der Waals surface area (Å²) in [7, 11) is 0. The van der Waals surface area contributed by atoms with Gasteiger partial charge in [0, 0.05) is 29.4 Å². The van der Waals surface area contributed by atoms with Crippen molar-refractivity contribution < 1.29 is 19.7 Å². The Hall–Kier alpha value is -3.65. The molecule has 0 amide bonds. The summed E-state index contributed by atoms with van der Waals surface area (Å²) >= 11 is 0. The molecule has 0 bridgehead atoms. The molecule has 0 unspecified atom stereocenters. The van der Waals surface area contributed by atoms with Crippen LogP contribution in [0, 0.1) is 11.3 Å². The number of phenolic OH excluding ortho intramolecular Hbond substituents is 2. The SMILES string of the molecule is C[C@]1(c2ccc(O)cc2)COc2cc(O)ccc2[C@H]1c1ccc(OCCCC#N)cc1. The lowest BCUT2D eigenvalue weighted by atomic mass is 9.65. The Bertz CT molecular complexity index is 1090. The van der Waals surface area contributed by atoms with E-state index in [-0.39, 0.29) is 22.8 Å². The number of unbranched alkanes of at least 4 members (excludes halogenated alkanes) is 1. The molecular weight excluding hydrogens is 390 g/mol. The van der Waals surface area contributed by atoms with Crippen LogP contribution in [0.3, 0.4) is 0 Å². The Morgan fingerprint density at radius 3 is 2.45 bits per heavy atom. The molecule has 0 saturated heterocycles. The molecule has 2 N–H and O–H groups in total. The first-order valence-electron chi connectivity index (χ1n) is 10.4. The summed E-state index contributed by atoms with van der Waals surface area (Å²) in [5, 5.41) is 28.3. The number of nitriles is 1.